The highest BCUT2D eigenvalue weighted by Gasteiger charge is 2.27. The quantitative estimate of drug-likeness (QED) is 0.760. The maximum atomic E-state index is 9.88. The zero-order chi connectivity index (χ0) is 9.80. The average Bonchev–Trinajstić information content (AvgIpc) is 2.23. The van der Waals surface area contributed by atoms with Gasteiger partial charge in [-0.05, 0) is 25.7 Å². The Hall–Kier alpha value is 0.310. The molecule has 2 aliphatic carbocycles. The van der Waals surface area contributed by atoms with E-state index >= 15 is 0 Å². The first-order valence-corrected chi connectivity index (χ1v) is 7.14. The summed E-state index contributed by atoms with van der Waals surface area (Å²) in [6.45, 7) is 0. The van der Waals surface area contributed by atoms with Crippen molar-refractivity contribution in [1.29, 1.82) is 0 Å². The second kappa shape index (κ2) is 5.41. The molecule has 14 heavy (non-hydrogen) atoms. The molecule has 2 atom stereocenters. The van der Waals surface area contributed by atoms with Gasteiger partial charge in [-0.25, -0.2) is 0 Å². The van der Waals surface area contributed by atoms with Crippen LogP contribution in [0.5, 0.6) is 0 Å². The molecule has 2 heteroatoms. The van der Waals surface area contributed by atoms with Crippen molar-refractivity contribution in [3.05, 3.63) is 0 Å². The maximum Gasteiger partial charge on any atom is 0.0658 e. The lowest BCUT2D eigenvalue weighted by molar-refractivity contribution is 0.136. The minimum Gasteiger partial charge on any atom is -0.392 e. The van der Waals surface area contributed by atoms with Crippen LogP contribution in [0.2, 0.25) is 0 Å². The van der Waals surface area contributed by atoms with Gasteiger partial charge in [0.05, 0.1) is 6.10 Å². The highest BCUT2D eigenvalue weighted by atomic mass is 32.2. The predicted octanol–water partition coefficient (Wildman–Crippen LogP) is 3.36. The van der Waals surface area contributed by atoms with Crippen LogP contribution in [0.1, 0.15) is 57.8 Å². The molecule has 0 radical (unpaired) electrons. The van der Waals surface area contributed by atoms with Gasteiger partial charge in [-0.3, -0.25) is 0 Å². The van der Waals surface area contributed by atoms with Gasteiger partial charge in [0, 0.05) is 10.5 Å². The van der Waals surface area contributed by atoms with Gasteiger partial charge in [0.2, 0.25) is 0 Å². The van der Waals surface area contributed by atoms with E-state index in [9.17, 15) is 5.11 Å². The van der Waals surface area contributed by atoms with Crippen LogP contribution in [0.15, 0.2) is 0 Å². The number of hydrogen-bond donors (Lipinski definition) is 1. The predicted molar refractivity (Wildman–Crippen MR) is 62.7 cm³/mol. The van der Waals surface area contributed by atoms with Crippen molar-refractivity contribution in [2.45, 2.75) is 74.4 Å². The Bertz CT molecular complexity index is 166. The third kappa shape index (κ3) is 2.90. The third-order valence-electron chi connectivity index (χ3n) is 3.59. The first-order chi connectivity index (χ1) is 6.86. The van der Waals surface area contributed by atoms with Crippen molar-refractivity contribution in [3.63, 3.8) is 0 Å². The molecule has 2 saturated carbocycles. The van der Waals surface area contributed by atoms with Crippen molar-refractivity contribution in [2.24, 2.45) is 0 Å². The first-order valence-electron chi connectivity index (χ1n) is 6.20. The van der Waals surface area contributed by atoms with E-state index < -0.39 is 0 Å². The summed E-state index contributed by atoms with van der Waals surface area (Å²) in [6.07, 6.45) is 11.9. The van der Waals surface area contributed by atoms with Gasteiger partial charge < -0.3 is 5.11 Å². The number of thioether (sulfide) groups is 1. The van der Waals surface area contributed by atoms with Crippen LogP contribution in [0.25, 0.3) is 0 Å². The largest absolute Gasteiger partial charge is 0.392 e. The SMILES string of the molecule is O[C@@H]1CCCC[C@H]1SC1CCCCC1. The van der Waals surface area contributed by atoms with Crippen LogP contribution in [0.4, 0.5) is 0 Å². The van der Waals surface area contributed by atoms with Crippen LogP contribution in [0.3, 0.4) is 0 Å². The summed E-state index contributed by atoms with van der Waals surface area (Å²) in [4.78, 5) is 0. The summed E-state index contributed by atoms with van der Waals surface area (Å²) in [5, 5.41) is 11.3. The smallest absolute Gasteiger partial charge is 0.0658 e. The molecule has 0 aromatic carbocycles. The molecule has 0 spiro atoms. The van der Waals surface area contributed by atoms with Crippen LogP contribution in [0, 0.1) is 0 Å². The molecule has 2 aliphatic rings. The van der Waals surface area contributed by atoms with Crippen molar-refractivity contribution < 1.29 is 5.11 Å². The standard InChI is InChI=1S/C12H22OS/c13-11-8-4-5-9-12(11)14-10-6-2-1-3-7-10/h10-13H,1-9H2/t11-,12-/m1/s1. The summed E-state index contributed by atoms with van der Waals surface area (Å²) < 4.78 is 0. The average molecular weight is 214 g/mol. The lowest BCUT2D eigenvalue weighted by atomic mass is 9.97. The Balaban J connectivity index is 1.76. The van der Waals surface area contributed by atoms with Crippen molar-refractivity contribution >= 4 is 11.8 Å². The second-order valence-corrected chi connectivity index (χ2v) is 6.33. The summed E-state index contributed by atoms with van der Waals surface area (Å²) in [7, 11) is 0. The number of aliphatic hydroxyl groups excluding tert-OH is 1. The molecule has 0 saturated heterocycles. The Labute approximate surface area is 91.7 Å². The molecule has 0 aromatic heterocycles. The lowest BCUT2D eigenvalue weighted by Gasteiger charge is -2.31. The van der Waals surface area contributed by atoms with E-state index in [0.29, 0.717) is 5.25 Å². The molecule has 0 aromatic rings. The van der Waals surface area contributed by atoms with Gasteiger partial charge in [0.25, 0.3) is 0 Å². The molecule has 1 nitrogen and oxygen atoms in total. The lowest BCUT2D eigenvalue weighted by Crippen LogP contribution is -2.29. The molecular formula is C12H22OS. The van der Waals surface area contributed by atoms with E-state index in [4.69, 9.17) is 0 Å². The van der Waals surface area contributed by atoms with Crippen LogP contribution >= 0.6 is 11.8 Å². The minimum absolute atomic E-state index is 0.00400. The number of rotatable bonds is 2. The third-order valence-corrected chi connectivity index (χ3v) is 5.34. The zero-order valence-corrected chi connectivity index (χ0v) is 9.77. The molecule has 82 valence electrons. The van der Waals surface area contributed by atoms with E-state index in [-0.39, 0.29) is 6.10 Å². The van der Waals surface area contributed by atoms with Crippen molar-refractivity contribution in [1.82, 2.24) is 0 Å². The summed E-state index contributed by atoms with van der Waals surface area (Å²) in [5.41, 5.74) is 0. The van der Waals surface area contributed by atoms with Crippen molar-refractivity contribution in [3.8, 4) is 0 Å². The summed E-state index contributed by atoms with van der Waals surface area (Å²) in [5.74, 6) is 0. The van der Waals surface area contributed by atoms with Crippen LogP contribution in [-0.2, 0) is 0 Å². The van der Waals surface area contributed by atoms with Gasteiger partial charge in [0.1, 0.15) is 0 Å². The van der Waals surface area contributed by atoms with E-state index in [1.165, 1.54) is 51.4 Å². The fourth-order valence-electron chi connectivity index (χ4n) is 2.68. The maximum absolute atomic E-state index is 9.88. The van der Waals surface area contributed by atoms with Gasteiger partial charge >= 0.3 is 0 Å². The van der Waals surface area contributed by atoms with Crippen LogP contribution in [-0.4, -0.2) is 21.7 Å². The molecule has 0 unspecified atom stereocenters. The molecule has 0 aliphatic heterocycles. The Morgan fingerprint density at radius 3 is 2.14 bits per heavy atom. The number of hydrogen-bond acceptors (Lipinski definition) is 2. The first kappa shape index (κ1) is 10.8. The van der Waals surface area contributed by atoms with Crippen molar-refractivity contribution in [2.75, 3.05) is 0 Å². The molecule has 1 N–H and O–H groups in total. The Morgan fingerprint density at radius 1 is 0.786 bits per heavy atom. The fraction of sp³-hybridized carbons (Fsp3) is 1.00. The van der Waals surface area contributed by atoms with E-state index in [1.807, 2.05) is 0 Å². The van der Waals surface area contributed by atoms with E-state index in [2.05, 4.69) is 11.8 Å². The Morgan fingerprint density at radius 2 is 1.43 bits per heavy atom. The normalized spacial score (nSPS) is 35.8. The monoisotopic (exact) mass is 214 g/mol. The minimum atomic E-state index is -0.00400. The summed E-state index contributed by atoms with van der Waals surface area (Å²) in [6, 6.07) is 0. The fourth-order valence-corrected chi connectivity index (χ4v) is 4.40. The molecular weight excluding hydrogens is 192 g/mol. The van der Waals surface area contributed by atoms with Gasteiger partial charge in [-0.15, -0.1) is 0 Å². The number of aliphatic hydroxyl groups is 1. The highest BCUT2D eigenvalue weighted by Crippen LogP contribution is 2.36. The van der Waals surface area contributed by atoms with E-state index in [0.717, 1.165) is 11.7 Å². The molecule has 2 fully saturated rings. The molecule has 0 heterocycles. The summed E-state index contributed by atoms with van der Waals surface area (Å²) >= 11 is 2.10. The van der Waals surface area contributed by atoms with E-state index in [1.54, 1.807) is 0 Å². The Kier molecular flexibility index (Phi) is 4.18. The topological polar surface area (TPSA) is 20.2 Å². The molecule has 2 rings (SSSR count). The van der Waals surface area contributed by atoms with Crippen LogP contribution < -0.4 is 0 Å². The van der Waals surface area contributed by atoms with Gasteiger partial charge in [-0.2, -0.15) is 11.8 Å². The molecule has 0 amide bonds. The van der Waals surface area contributed by atoms with Gasteiger partial charge in [0.15, 0.2) is 0 Å². The second-order valence-electron chi connectivity index (χ2n) is 4.79. The molecule has 0 bridgehead atoms. The van der Waals surface area contributed by atoms with Gasteiger partial charge in [-0.1, -0.05) is 32.1 Å². The zero-order valence-electron chi connectivity index (χ0n) is 8.95. The highest BCUT2D eigenvalue weighted by molar-refractivity contribution is 8.00.